The van der Waals surface area contributed by atoms with Gasteiger partial charge in [0.15, 0.2) is 5.78 Å². The van der Waals surface area contributed by atoms with Crippen LogP contribution in [-0.4, -0.2) is 18.9 Å². The summed E-state index contributed by atoms with van der Waals surface area (Å²) in [7, 11) is 0. The molecule has 0 amide bonds. The predicted molar refractivity (Wildman–Crippen MR) is 82.6 cm³/mol. The maximum Gasteiger partial charge on any atom is 0.170 e. The molecule has 1 heterocycles. The van der Waals surface area contributed by atoms with Crippen molar-refractivity contribution in [1.29, 1.82) is 0 Å². The first-order valence-electron chi connectivity index (χ1n) is 7.25. The Hall–Kier alpha value is -0.570. The Balaban J connectivity index is 1.94. The first-order valence-corrected chi connectivity index (χ1v) is 8.01. The largest absolute Gasteiger partial charge is 0.316 e. The highest BCUT2D eigenvalue weighted by atomic mass is 35.5. The average molecular weight is 312 g/mol. The van der Waals surface area contributed by atoms with Gasteiger partial charge in [0.2, 0.25) is 0 Å². The number of hydrogen-bond acceptors (Lipinski definition) is 2. The molecule has 2 nitrogen and oxygen atoms in total. The van der Waals surface area contributed by atoms with E-state index in [9.17, 15) is 4.79 Å². The summed E-state index contributed by atoms with van der Waals surface area (Å²) in [5.41, 5.74) is 0.425. The number of carbonyl (C=O) groups excluding carboxylic acids is 1. The van der Waals surface area contributed by atoms with E-state index in [1.54, 1.807) is 18.2 Å². The van der Waals surface area contributed by atoms with Gasteiger partial charge in [0.25, 0.3) is 0 Å². The molecule has 2 fully saturated rings. The minimum absolute atomic E-state index is 0.223. The first-order chi connectivity index (χ1) is 9.54. The fraction of sp³-hybridized carbons (Fsp3) is 0.562. The van der Waals surface area contributed by atoms with E-state index in [-0.39, 0.29) is 11.2 Å². The summed E-state index contributed by atoms with van der Waals surface area (Å²) >= 11 is 12.0. The first kappa shape index (κ1) is 14.4. The quantitative estimate of drug-likeness (QED) is 0.844. The summed E-state index contributed by atoms with van der Waals surface area (Å²) in [4.78, 5) is 13.1. The van der Waals surface area contributed by atoms with Gasteiger partial charge < -0.3 is 5.32 Å². The Labute approximate surface area is 129 Å². The minimum atomic E-state index is -0.266. The van der Waals surface area contributed by atoms with E-state index in [2.05, 4.69) is 12.2 Å². The molecule has 1 aliphatic carbocycles. The highest BCUT2D eigenvalue weighted by molar-refractivity contribution is 6.42. The summed E-state index contributed by atoms with van der Waals surface area (Å²) in [6, 6.07) is 5.23. The number of ketones is 1. The third-order valence-electron chi connectivity index (χ3n) is 5.02. The average Bonchev–Trinajstić information content (AvgIpc) is 3.17. The third kappa shape index (κ3) is 2.38. The van der Waals surface area contributed by atoms with Crippen molar-refractivity contribution in [2.75, 3.05) is 13.1 Å². The van der Waals surface area contributed by atoms with Crippen molar-refractivity contribution in [3.63, 3.8) is 0 Å². The van der Waals surface area contributed by atoms with Gasteiger partial charge in [0, 0.05) is 12.1 Å². The SMILES string of the molecule is CC(C1CC1)C1(C(=O)c2ccc(Cl)c(Cl)c2)CCNC1. The molecule has 2 atom stereocenters. The van der Waals surface area contributed by atoms with Gasteiger partial charge in [-0.05, 0) is 55.8 Å². The van der Waals surface area contributed by atoms with Crippen molar-refractivity contribution in [1.82, 2.24) is 5.32 Å². The van der Waals surface area contributed by atoms with E-state index in [1.807, 2.05) is 0 Å². The van der Waals surface area contributed by atoms with Gasteiger partial charge >= 0.3 is 0 Å². The molecule has 0 aromatic heterocycles. The van der Waals surface area contributed by atoms with Crippen molar-refractivity contribution in [3.8, 4) is 0 Å². The number of rotatable bonds is 4. The molecule has 1 N–H and O–H groups in total. The molecule has 1 saturated carbocycles. The van der Waals surface area contributed by atoms with Crippen LogP contribution in [0, 0.1) is 17.3 Å². The molecular weight excluding hydrogens is 293 g/mol. The van der Waals surface area contributed by atoms with Crippen LogP contribution in [-0.2, 0) is 0 Å². The topological polar surface area (TPSA) is 29.1 Å². The second-order valence-corrected chi connectivity index (χ2v) is 6.98. The van der Waals surface area contributed by atoms with E-state index >= 15 is 0 Å². The van der Waals surface area contributed by atoms with Crippen molar-refractivity contribution in [2.45, 2.75) is 26.2 Å². The van der Waals surface area contributed by atoms with Gasteiger partial charge in [0.05, 0.1) is 15.5 Å². The molecule has 2 aliphatic rings. The molecule has 0 spiro atoms. The minimum Gasteiger partial charge on any atom is -0.316 e. The Morgan fingerprint density at radius 2 is 2.10 bits per heavy atom. The number of nitrogens with one attached hydrogen (secondary N) is 1. The Morgan fingerprint density at radius 1 is 1.35 bits per heavy atom. The fourth-order valence-corrected chi connectivity index (χ4v) is 3.77. The maximum absolute atomic E-state index is 13.1. The van der Waals surface area contributed by atoms with Gasteiger partial charge in [-0.3, -0.25) is 4.79 Å². The van der Waals surface area contributed by atoms with E-state index in [1.165, 1.54) is 12.8 Å². The fourth-order valence-electron chi connectivity index (χ4n) is 3.47. The third-order valence-corrected chi connectivity index (χ3v) is 5.76. The monoisotopic (exact) mass is 311 g/mol. The van der Waals surface area contributed by atoms with Crippen LogP contribution in [0.15, 0.2) is 18.2 Å². The standard InChI is InChI=1S/C16H19Cl2NO/c1-10(11-2-3-11)16(6-7-19-9-16)15(20)12-4-5-13(17)14(18)8-12/h4-5,8,10-11,19H,2-3,6-7,9H2,1H3. The van der Waals surface area contributed by atoms with Crippen LogP contribution >= 0.6 is 23.2 Å². The van der Waals surface area contributed by atoms with Crippen LogP contribution in [0.2, 0.25) is 10.0 Å². The van der Waals surface area contributed by atoms with Gasteiger partial charge in [-0.1, -0.05) is 30.1 Å². The molecule has 2 unspecified atom stereocenters. The smallest absolute Gasteiger partial charge is 0.170 e. The number of hydrogen-bond donors (Lipinski definition) is 1. The van der Waals surface area contributed by atoms with Gasteiger partial charge in [-0.15, -0.1) is 0 Å². The van der Waals surface area contributed by atoms with Crippen LogP contribution in [0.1, 0.15) is 36.5 Å². The molecule has 1 aromatic rings. The zero-order chi connectivity index (χ0) is 14.3. The lowest BCUT2D eigenvalue weighted by Gasteiger charge is -2.33. The molecule has 1 aromatic carbocycles. The molecule has 1 saturated heterocycles. The molecule has 108 valence electrons. The van der Waals surface area contributed by atoms with E-state index in [4.69, 9.17) is 23.2 Å². The number of Topliss-reactive ketones (excluding diaryl/α,β-unsaturated/α-hetero) is 1. The molecule has 0 bridgehead atoms. The van der Waals surface area contributed by atoms with Crippen LogP contribution in [0.4, 0.5) is 0 Å². The zero-order valence-electron chi connectivity index (χ0n) is 11.6. The van der Waals surface area contributed by atoms with Crippen LogP contribution in [0.25, 0.3) is 0 Å². The van der Waals surface area contributed by atoms with Gasteiger partial charge in [0.1, 0.15) is 0 Å². The molecule has 0 radical (unpaired) electrons. The molecule has 4 heteroatoms. The Bertz CT molecular complexity index is 533. The number of halogens is 2. The summed E-state index contributed by atoms with van der Waals surface area (Å²) in [6.07, 6.45) is 3.44. The van der Waals surface area contributed by atoms with Crippen LogP contribution in [0.5, 0.6) is 0 Å². The number of benzene rings is 1. The van der Waals surface area contributed by atoms with E-state index in [0.717, 1.165) is 19.5 Å². The van der Waals surface area contributed by atoms with E-state index < -0.39 is 0 Å². The maximum atomic E-state index is 13.1. The second kappa shape index (κ2) is 5.32. The highest BCUT2D eigenvalue weighted by Crippen LogP contribution is 2.49. The summed E-state index contributed by atoms with van der Waals surface area (Å²) in [5.74, 6) is 1.36. The molecule has 3 rings (SSSR count). The zero-order valence-corrected chi connectivity index (χ0v) is 13.1. The van der Waals surface area contributed by atoms with Crippen molar-refractivity contribution < 1.29 is 4.79 Å². The Kier molecular flexibility index (Phi) is 3.83. The van der Waals surface area contributed by atoms with Gasteiger partial charge in [-0.2, -0.15) is 0 Å². The normalized spacial score (nSPS) is 27.6. The van der Waals surface area contributed by atoms with Gasteiger partial charge in [-0.25, -0.2) is 0 Å². The summed E-state index contributed by atoms with van der Waals surface area (Å²) < 4.78 is 0. The molecule has 20 heavy (non-hydrogen) atoms. The lowest BCUT2D eigenvalue weighted by Crippen LogP contribution is -2.40. The second-order valence-electron chi connectivity index (χ2n) is 6.17. The predicted octanol–water partition coefficient (Wildman–Crippen LogP) is 4.20. The van der Waals surface area contributed by atoms with Crippen molar-refractivity contribution in [3.05, 3.63) is 33.8 Å². The highest BCUT2D eigenvalue weighted by Gasteiger charge is 2.50. The Morgan fingerprint density at radius 3 is 2.65 bits per heavy atom. The molecular formula is C16H19Cl2NO. The lowest BCUT2D eigenvalue weighted by atomic mass is 9.68. The lowest BCUT2D eigenvalue weighted by molar-refractivity contribution is 0.0697. The van der Waals surface area contributed by atoms with E-state index in [0.29, 0.717) is 27.4 Å². The number of carbonyl (C=O) groups is 1. The molecule has 1 aliphatic heterocycles. The van der Waals surface area contributed by atoms with Crippen LogP contribution < -0.4 is 5.32 Å². The summed E-state index contributed by atoms with van der Waals surface area (Å²) in [6.45, 7) is 3.94. The van der Waals surface area contributed by atoms with Crippen LogP contribution in [0.3, 0.4) is 0 Å². The van der Waals surface area contributed by atoms with Crippen molar-refractivity contribution >= 4 is 29.0 Å². The summed E-state index contributed by atoms with van der Waals surface area (Å²) in [5, 5.41) is 4.33. The van der Waals surface area contributed by atoms with Crippen molar-refractivity contribution in [2.24, 2.45) is 17.3 Å².